The molecule has 0 spiro atoms. The molecule has 1 aliphatic rings. The standard InChI is InChI=1S/C21H27N5O/c1-15-5-6-19-16(10-15)11-17(12-25(2)14-20-22-7-8-23-20)21(24-19)26-9-3-4-18(27)13-26/h5-8,10-11,18,27H,3-4,9,12-14H2,1-2H3,(H,22,23)/t18-/m1/s1. The zero-order valence-corrected chi connectivity index (χ0v) is 16.0. The van der Waals surface area contributed by atoms with Crippen LogP contribution < -0.4 is 4.90 Å². The molecule has 0 bridgehead atoms. The number of aliphatic hydroxyl groups is 1. The van der Waals surface area contributed by atoms with E-state index in [-0.39, 0.29) is 6.10 Å². The molecule has 27 heavy (non-hydrogen) atoms. The highest BCUT2D eigenvalue weighted by Gasteiger charge is 2.22. The van der Waals surface area contributed by atoms with Gasteiger partial charge in [-0.1, -0.05) is 11.6 Å². The van der Waals surface area contributed by atoms with Crippen molar-refractivity contribution in [2.24, 2.45) is 0 Å². The van der Waals surface area contributed by atoms with Gasteiger partial charge in [0.1, 0.15) is 11.6 Å². The van der Waals surface area contributed by atoms with E-state index in [2.05, 4.69) is 58.0 Å². The zero-order chi connectivity index (χ0) is 18.8. The highest BCUT2D eigenvalue weighted by molar-refractivity contribution is 5.82. The van der Waals surface area contributed by atoms with E-state index < -0.39 is 0 Å². The zero-order valence-electron chi connectivity index (χ0n) is 16.0. The number of β-amino-alcohol motifs (C(OH)–C–C–N with tert-alkyl or cyclic N) is 1. The van der Waals surface area contributed by atoms with Gasteiger partial charge in [0.2, 0.25) is 0 Å². The fourth-order valence-corrected chi connectivity index (χ4v) is 3.85. The Bertz CT molecular complexity index is 908. The first-order valence-electron chi connectivity index (χ1n) is 9.58. The number of fused-ring (bicyclic) bond motifs is 1. The lowest BCUT2D eigenvalue weighted by atomic mass is 10.1. The van der Waals surface area contributed by atoms with Gasteiger partial charge in [0, 0.05) is 43.0 Å². The Kier molecular flexibility index (Phi) is 5.09. The molecule has 0 unspecified atom stereocenters. The molecule has 6 nitrogen and oxygen atoms in total. The lowest BCUT2D eigenvalue weighted by molar-refractivity contribution is 0.153. The number of nitrogens with zero attached hydrogens (tertiary/aromatic N) is 4. The minimum atomic E-state index is -0.275. The van der Waals surface area contributed by atoms with Gasteiger partial charge in [-0.3, -0.25) is 4.90 Å². The number of aryl methyl sites for hydroxylation is 1. The third kappa shape index (κ3) is 4.12. The molecule has 0 saturated carbocycles. The third-order valence-corrected chi connectivity index (χ3v) is 5.14. The highest BCUT2D eigenvalue weighted by atomic mass is 16.3. The SMILES string of the molecule is Cc1ccc2nc(N3CCC[C@@H](O)C3)c(CN(C)Cc3ncc[nH]3)cc2c1. The minimum absolute atomic E-state index is 0.275. The van der Waals surface area contributed by atoms with Crippen LogP contribution in [0.25, 0.3) is 10.9 Å². The summed E-state index contributed by atoms with van der Waals surface area (Å²) in [6.07, 6.45) is 5.23. The summed E-state index contributed by atoms with van der Waals surface area (Å²) in [7, 11) is 2.10. The Labute approximate surface area is 159 Å². The quantitative estimate of drug-likeness (QED) is 0.728. The fraction of sp³-hybridized carbons (Fsp3) is 0.429. The van der Waals surface area contributed by atoms with Crippen LogP contribution in [-0.4, -0.2) is 51.2 Å². The molecule has 1 saturated heterocycles. The van der Waals surface area contributed by atoms with E-state index in [1.165, 1.54) is 11.1 Å². The van der Waals surface area contributed by atoms with Crippen LogP contribution in [0.2, 0.25) is 0 Å². The monoisotopic (exact) mass is 365 g/mol. The molecule has 0 amide bonds. The number of aliphatic hydroxyl groups excluding tert-OH is 1. The number of imidazole rings is 1. The molecular formula is C21H27N5O. The number of aromatic nitrogens is 3. The first kappa shape index (κ1) is 17.9. The molecule has 3 aromatic rings. The number of hydrogen-bond acceptors (Lipinski definition) is 5. The Hall–Kier alpha value is -2.44. The summed E-state index contributed by atoms with van der Waals surface area (Å²) in [5.41, 5.74) is 3.43. The minimum Gasteiger partial charge on any atom is -0.391 e. The van der Waals surface area contributed by atoms with Gasteiger partial charge < -0.3 is 15.0 Å². The summed E-state index contributed by atoms with van der Waals surface area (Å²) in [6, 6.07) is 8.63. The molecule has 1 atom stereocenters. The number of aromatic amines is 1. The third-order valence-electron chi connectivity index (χ3n) is 5.14. The van der Waals surface area contributed by atoms with Crippen LogP contribution in [-0.2, 0) is 13.1 Å². The van der Waals surface area contributed by atoms with Gasteiger partial charge in [-0.2, -0.15) is 0 Å². The molecule has 6 heteroatoms. The van der Waals surface area contributed by atoms with E-state index in [1.807, 2.05) is 6.20 Å². The Morgan fingerprint density at radius 2 is 2.19 bits per heavy atom. The second-order valence-corrected chi connectivity index (χ2v) is 7.62. The van der Waals surface area contributed by atoms with Crippen LogP contribution in [0.15, 0.2) is 36.7 Å². The van der Waals surface area contributed by atoms with Crippen molar-refractivity contribution in [3.05, 3.63) is 53.6 Å². The van der Waals surface area contributed by atoms with E-state index in [0.29, 0.717) is 6.54 Å². The number of anilines is 1. The fourth-order valence-electron chi connectivity index (χ4n) is 3.85. The highest BCUT2D eigenvalue weighted by Crippen LogP contribution is 2.28. The average molecular weight is 365 g/mol. The second-order valence-electron chi connectivity index (χ2n) is 7.62. The van der Waals surface area contributed by atoms with Crippen molar-refractivity contribution in [1.29, 1.82) is 0 Å². The van der Waals surface area contributed by atoms with E-state index >= 15 is 0 Å². The summed E-state index contributed by atoms with van der Waals surface area (Å²) >= 11 is 0. The molecule has 1 fully saturated rings. The van der Waals surface area contributed by atoms with E-state index in [1.54, 1.807) is 6.20 Å². The van der Waals surface area contributed by atoms with Crippen LogP contribution in [0.4, 0.5) is 5.82 Å². The molecule has 2 N–H and O–H groups in total. The Morgan fingerprint density at radius 3 is 2.96 bits per heavy atom. The number of benzene rings is 1. The lowest BCUT2D eigenvalue weighted by Gasteiger charge is -2.33. The predicted molar refractivity (Wildman–Crippen MR) is 108 cm³/mol. The molecule has 1 aromatic carbocycles. The topological polar surface area (TPSA) is 68.3 Å². The number of pyridine rings is 1. The predicted octanol–water partition coefficient (Wildman–Crippen LogP) is 2.86. The van der Waals surface area contributed by atoms with Gasteiger partial charge in [-0.25, -0.2) is 9.97 Å². The summed E-state index contributed by atoms with van der Waals surface area (Å²) in [5, 5.41) is 11.3. The maximum absolute atomic E-state index is 10.1. The summed E-state index contributed by atoms with van der Waals surface area (Å²) < 4.78 is 0. The Morgan fingerprint density at radius 1 is 1.30 bits per heavy atom. The van der Waals surface area contributed by atoms with Gasteiger partial charge in [-0.05, 0) is 45.0 Å². The summed E-state index contributed by atoms with van der Waals surface area (Å²) in [5.74, 6) is 1.95. The van der Waals surface area contributed by atoms with E-state index in [9.17, 15) is 5.11 Å². The van der Waals surface area contributed by atoms with Crippen molar-refractivity contribution in [3.63, 3.8) is 0 Å². The van der Waals surface area contributed by atoms with E-state index in [0.717, 1.165) is 55.0 Å². The second kappa shape index (κ2) is 7.66. The number of H-pyrrole nitrogens is 1. The van der Waals surface area contributed by atoms with Gasteiger partial charge in [0.25, 0.3) is 0 Å². The van der Waals surface area contributed by atoms with Crippen LogP contribution in [0.1, 0.15) is 29.8 Å². The average Bonchev–Trinajstić information content (AvgIpc) is 3.14. The van der Waals surface area contributed by atoms with Gasteiger partial charge in [-0.15, -0.1) is 0 Å². The Balaban J connectivity index is 1.67. The molecule has 0 aliphatic carbocycles. The normalized spacial score (nSPS) is 17.8. The maximum Gasteiger partial charge on any atom is 0.133 e. The van der Waals surface area contributed by atoms with E-state index in [4.69, 9.17) is 4.98 Å². The lowest BCUT2D eigenvalue weighted by Crippen LogP contribution is -2.39. The summed E-state index contributed by atoms with van der Waals surface area (Å²) in [6.45, 7) is 5.23. The van der Waals surface area contributed by atoms with Gasteiger partial charge in [0.15, 0.2) is 0 Å². The summed E-state index contributed by atoms with van der Waals surface area (Å²) in [4.78, 5) is 17.0. The largest absolute Gasteiger partial charge is 0.391 e. The number of rotatable bonds is 5. The van der Waals surface area contributed by atoms with Crippen LogP contribution in [0, 0.1) is 6.92 Å². The van der Waals surface area contributed by atoms with Gasteiger partial charge in [0.05, 0.1) is 18.2 Å². The van der Waals surface area contributed by atoms with Gasteiger partial charge >= 0.3 is 0 Å². The number of nitrogens with one attached hydrogen (secondary N) is 1. The molecule has 2 aromatic heterocycles. The first-order chi connectivity index (χ1) is 13.1. The first-order valence-corrected chi connectivity index (χ1v) is 9.58. The van der Waals surface area contributed by atoms with Crippen LogP contribution in [0.3, 0.4) is 0 Å². The van der Waals surface area contributed by atoms with Crippen molar-refractivity contribution in [1.82, 2.24) is 19.9 Å². The van der Waals surface area contributed by atoms with Crippen molar-refractivity contribution >= 4 is 16.7 Å². The molecule has 3 heterocycles. The van der Waals surface area contributed by atoms with Crippen molar-refractivity contribution in [2.75, 3.05) is 25.0 Å². The molecule has 4 rings (SSSR count). The number of hydrogen-bond donors (Lipinski definition) is 2. The smallest absolute Gasteiger partial charge is 0.133 e. The molecular weight excluding hydrogens is 338 g/mol. The maximum atomic E-state index is 10.1. The van der Waals surface area contributed by atoms with Crippen molar-refractivity contribution in [3.8, 4) is 0 Å². The van der Waals surface area contributed by atoms with Crippen LogP contribution in [0.5, 0.6) is 0 Å². The number of piperidine rings is 1. The van der Waals surface area contributed by atoms with Crippen molar-refractivity contribution in [2.45, 2.75) is 39.0 Å². The molecule has 1 aliphatic heterocycles. The molecule has 0 radical (unpaired) electrons. The van der Waals surface area contributed by atoms with Crippen LogP contribution >= 0.6 is 0 Å². The van der Waals surface area contributed by atoms with Crippen molar-refractivity contribution < 1.29 is 5.11 Å². The molecule has 142 valence electrons.